The SMILES string of the molecule is CCCCCCOc1cccc(CNC2CCCC2)c1. The molecular weight excluding hydrogens is 246 g/mol. The van der Waals surface area contributed by atoms with E-state index in [2.05, 4.69) is 36.5 Å². The van der Waals surface area contributed by atoms with E-state index in [4.69, 9.17) is 4.74 Å². The Hall–Kier alpha value is -1.02. The second-order valence-corrected chi connectivity index (χ2v) is 5.92. The molecule has 0 aromatic heterocycles. The van der Waals surface area contributed by atoms with Gasteiger partial charge in [-0.2, -0.15) is 0 Å². The van der Waals surface area contributed by atoms with Crippen molar-refractivity contribution in [3.05, 3.63) is 29.8 Å². The Morgan fingerprint density at radius 2 is 2.00 bits per heavy atom. The summed E-state index contributed by atoms with van der Waals surface area (Å²) >= 11 is 0. The number of hydrogen-bond donors (Lipinski definition) is 1. The van der Waals surface area contributed by atoms with E-state index < -0.39 is 0 Å². The summed E-state index contributed by atoms with van der Waals surface area (Å²) in [6.07, 6.45) is 10.5. The van der Waals surface area contributed by atoms with Crippen LogP contribution in [0.3, 0.4) is 0 Å². The standard InChI is InChI=1S/C18H29NO/c1-2-3-4-7-13-20-18-12-8-9-16(14-18)15-19-17-10-5-6-11-17/h8-9,12,14,17,19H,2-7,10-11,13,15H2,1H3. The van der Waals surface area contributed by atoms with Gasteiger partial charge >= 0.3 is 0 Å². The molecule has 0 bridgehead atoms. The molecule has 2 nitrogen and oxygen atoms in total. The summed E-state index contributed by atoms with van der Waals surface area (Å²) in [5.74, 6) is 1.02. The van der Waals surface area contributed by atoms with Crippen molar-refractivity contribution in [3.8, 4) is 5.75 Å². The van der Waals surface area contributed by atoms with Crippen molar-refractivity contribution in [2.75, 3.05) is 6.61 Å². The molecule has 0 amide bonds. The average molecular weight is 275 g/mol. The Bertz CT molecular complexity index is 371. The second-order valence-electron chi connectivity index (χ2n) is 5.92. The van der Waals surface area contributed by atoms with E-state index in [-0.39, 0.29) is 0 Å². The summed E-state index contributed by atoms with van der Waals surface area (Å²) in [5, 5.41) is 3.65. The first-order valence-corrected chi connectivity index (χ1v) is 8.33. The average Bonchev–Trinajstić information content (AvgIpc) is 2.99. The maximum Gasteiger partial charge on any atom is 0.119 e. The Morgan fingerprint density at radius 3 is 2.80 bits per heavy atom. The third-order valence-electron chi connectivity index (χ3n) is 4.12. The highest BCUT2D eigenvalue weighted by Gasteiger charge is 2.13. The van der Waals surface area contributed by atoms with Crippen LogP contribution in [-0.2, 0) is 6.54 Å². The lowest BCUT2D eigenvalue weighted by Gasteiger charge is -2.12. The maximum atomic E-state index is 5.84. The number of nitrogens with one attached hydrogen (secondary N) is 1. The second kappa shape index (κ2) is 9.02. The van der Waals surface area contributed by atoms with Gasteiger partial charge in [-0.25, -0.2) is 0 Å². The van der Waals surface area contributed by atoms with Crippen molar-refractivity contribution >= 4 is 0 Å². The first-order chi connectivity index (χ1) is 9.88. The van der Waals surface area contributed by atoms with Gasteiger partial charge in [0.1, 0.15) is 5.75 Å². The molecule has 1 fully saturated rings. The summed E-state index contributed by atoms with van der Waals surface area (Å²) in [4.78, 5) is 0. The van der Waals surface area contributed by atoms with Gasteiger partial charge in [0.2, 0.25) is 0 Å². The van der Waals surface area contributed by atoms with E-state index in [0.717, 1.165) is 24.9 Å². The molecule has 1 aliphatic rings. The van der Waals surface area contributed by atoms with Crippen LogP contribution in [0.15, 0.2) is 24.3 Å². The van der Waals surface area contributed by atoms with E-state index in [1.807, 2.05) is 0 Å². The third kappa shape index (κ3) is 5.54. The lowest BCUT2D eigenvalue weighted by Crippen LogP contribution is -2.25. The third-order valence-corrected chi connectivity index (χ3v) is 4.12. The van der Waals surface area contributed by atoms with Crippen molar-refractivity contribution in [2.45, 2.75) is 70.9 Å². The number of hydrogen-bond acceptors (Lipinski definition) is 2. The highest BCUT2D eigenvalue weighted by Crippen LogP contribution is 2.19. The Balaban J connectivity index is 1.69. The van der Waals surface area contributed by atoms with Crippen LogP contribution < -0.4 is 10.1 Å². The van der Waals surface area contributed by atoms with Crippen LogP contribution in [-0.4, -0.2) is 12.6 Å². The van der Waals surface area contributed by atoms with Gasteiger partial charge in [-0.1, -0.05) is 51.2 Å². The lowest BCUT2D eigenvalue weighted by molar-refractivity contribution is 0.304. The predicted molar refractivity (Wildman–Crippen MR) is 85.2 cm³/mol. The number of rotatable bonds is 9. The minimum Gasteiger partial charge on any atom is -0.494 e. The van der Waals surface area contributed by atoms with Crippen LogP contribution >= 0.6 is 0 Å². The zero-order valence-corrected chi connectivity index (χ0v) is 12.9. The van der Waals surface area contributed by atoms with Gasteiger partial charge in [-0.3, -0.25) is 0 Å². The molecule has 0 spiro atoms. The fraction of sp³-hybridized carbons (Fsp3) is 0.667. The van der Waals surface area contributed by atoms with Gasteiger partial charge < -0.3 is 10.1 Å². The molecule has 1 aliphatic carbocycles. The topological polar surface area (TPSA) is 21.3 Å². The maximum absolute atomic E-state index is 5.84. The lowest BCUT2D eigenvalue weighted by atomic mass is 10.2. The number of benzene rings is 1. The smallest absolute Gasteiger partial charge is 0.119 e. The van der Waals surface area contributed by atoms with Crippen molar-refractivity contribution in [1.29, 1.82) is 0 Å². The first kappa shape index (κ1) is 15.4. The molecule has 2 heteroatoms. The van der Waals surface area contributed by atoms with E-state index in [9.17, 15) is 0 Å². The van der Waals surface area contributed by atoms with E-state index >= 15 is 0 Å². The molecular formula is C18H29NO. The van der Waals surface area contributed by atoms with Gasteiger partial charge in [-0.05, 0) is 37.0 Å². The first-order valence-electron chi connectivity index (χ1n) is 8.33. The van der Waals surface area contributed by atoms with Crippen LogP contribution in [0.5, 0.6) is 5.75 Å². The molecule has 0 heterocycles. The van der Waals surface area contributed by atoms with E-state index in [0.29, 0.717) is 0 Å². The van der Waals surface area contributed by atoms with Crippen LogP contribution in [0.25, 0.3) is 0 Å². The van der Waals surface area contributed by atoms with Crippen LogP contribution in [0, 0.1) is 0 Å². The molecule has 0 saturated heterocycles. The van der Waals surface area contributed by atoms with Crippen LogP contribution in [0.4, 0.5) is 0 Å². The van der Waals surface area contributed by atoms with E-state index in [1.54, 1.807) is 0 Å². The molecule has 0 aliphatic heterocycles. The Morgan fingerprint density at radius 1 is 1.15 bits per heavy atom. The molecule has 1 saturated carbocycles. The molecule has 0 unspecified atom stereocenters. The molecule has 1 aromatic carbocycles. The summed E-state index contributed by atoms with van der Waals surface area (Å²) < 4.78 is 5.84. The summed E-state index contributed by atoms with van der Waals surface area (Å²) in [6.45, 7) is 4.05. The molecule has 1 N–H and O–H groups in total. The zero-order chi connectivity index (χ0) is 14.0. The summed E-state index contributed by atoms with van der Waals surface area (Å²) in [5.41, 5.74) is 1.34. The molecule has 20 heavy (non-hydrogen) atoms. The fourth-order valence-electron chi connectivity index (χ4n) is 2.86. The normalized spacial score (nSPS) is 15.7. The van der Waals surface area contributed by atoms with E-state index in [1.165, 1.54) is 56.9 Å². The van der Waals surface area contributed by atoms with Crippen LogP contribution in [0.2, 0.25) is 0 Å². The van der Waals surface area contributed by atoms with Crippen LogP contribution in [0.1, 0.15) is 63.9 Å². The minimum atomic E-state index is 0.730. The predicted octanol–water partition coefficient (Wildman–Crippen LogP) is 4.68. The number of unbranched alkanes of at least 4 members (excludes halogenated alkanes) is 3. The van der Waals surface area contributed by atoms with Gasteiger partial charge in [0.25, 0.3) is 0 Å². The summed E-state index contributed by atoms with van der Waals surface area (Å²) in [6, 6.07) is 9.27. The monoisotopic (exact) mass is 275 g/mol. The molecule has 1 aromatic rings. The molecule has 112 valence electrons. The molecule has 2 rings (SSSR count). The quantitative estimate of drug-likeness (QED) is 0.661. The highest BCUT2D eigenvalue weighted by molar-refractivity contribution is 5.28. The Labute approximate surface area is 123 Å². The van der Waals surface area contributed by atoms with Gasteiger partial charge in [0, 0.05) is 12.6 Å². The van der Waals surface area contributed by atoms with Crippen molar-refractivity contribution in [3.63, 3.8) is 0 Å². The largest absolute Gasteiger partial charge is 0.494 e. The summed E-state index contributed by atoms with van der Waals surface area (Å²) in [7, 11) is 0. The van der Waals surface area contributed by atoms with Crippen molar-refractivity contribution in [2.24, 2.45) is 0 Å². The van der Waals surface area contributed by atoms with Crippen molar-refractivity contribution in [1.82, 2.24) is 5.32 Å². The molecule has 0 radical (unpaired) electrons. The van der Waals surface area contributed by atoms with Crippen molar-refractivity contribution < 1.29 is 4.74 Å². The van der Waals surface area contributed by atoms with Gasteiger partial charge in [0.15, 0.2) is 0 Å². The molecule has 0 atom stereocenters. The highest BCUT2D eigenvalue weighted by atomic mass is 16.5. The fourth-order valence-corrected chi connectivity index (χ4v) is 2.86. The Kier molecular flexibility index (Phi) is 6.93. The van der Waals surface area contributed by atoms with Gasteiger partial charge in [0.05, 0.1) is 6.61 Å². The minimum absolute atomic E-state index is 0.730. The zero-order valence-electron chi connectivity index (χ0n) is 12.9. The number of ether oxygens (including phenoxy) is 1. The van der Waals surface area contributed by atoms with Gasteiger partial charge in [-0.15, -0.1) is 0 Å².